The Morgan fingerprint density at radius 3 is 2.62 bits per heavy atom. The topological polar surface area (TPSA) is 67.9 Å². The van der Waals surface area contributed by atoms with Gasteiger partial charge in [0.2, 0.25) is 0 Å². The highest BCUT2D eigenvalue weighted by Gasteiger charge is 2.31. The van der Waals surface area contributed by atoms with Crippen LogP contribution in [0.15, 0.2) is 22.7 Å². The average molecular weight is 427 g/mol. The van der Waals surface area contributed by atoms with Crippen LogP contribution in [0.5, 0.6) is 5.75 Å². The molecular formula is C19H27BrN2O4. The largest absolute Gasteiger partial charge is 0.491 e. The first-order valence-electron chi connectivity index (χ1n) is 8.80. The van der Waals surface area contributed by atoms with E-state index in [0.29, 0.717) is 35.3 Å². The van der Waals surface area contributed by atoms with Gasteiger partial charge in [-0.25, -0.2) is 4.79 Å². The molecule has 6 nitrogen and oxygen atoms in total. The predicted octanol–water partition coefficient (Wildman–Crippen LogP) is 3.98. The van der Waals surface area contributed by atoms with Crippen molar-refractivity contribution in [3.05, 3.63) is 28.2 Å². The van der Waals surface area contributed by atoms with Crippen LogP contribution in [0.25, 0.3) is 0 Å². The third-order valence-electron chi connectivity index (χ3n) is 3.73. The van der Waals surface area contributed by atoms with Crippen LogP contribution in [0.3, 0.4) is 0 Å². The minimum absolute atomic E-state index is 0.0318. The average Bonchev–Trinajstić information content (AvgIpc) is 2.95. The van der Waals surface area contributed by atoms with Gasteiger partial charge in [-0.3, -0.25) is 4.79 Å². The van der Waals surface area contributed by atoms with Gasteiger partial charge in [-0.2, -0.15) is 0 Å². The number of amides is 2. The van der Waals surface area contributed by atoms with Crippen LogP contribution in [0.1, 0.15) is 51.4 Å². The maximum absolute atomic E-state index is 12.6. The summed E-state index contributed by atoms with van der Waals surface area (Å²) in [4.78, 5) is 26.4. The number of rotatable bonds is 4. The van der Waals surface area contributed by atoms with Gasteiger partial charge in [0.25, 0.3) is 5.91 Å². The van der Waals surface area contributed by atoms with E-state index in [2.05, 4.69) is 21.2 Å². The van der Waals surface area contributed by atoms with E-state index in [1.165, 1.54) is 0 Å². The summed E-state index contributed by atoms with van der Waals surface area (Å²) in [6.07, 6.45) is 0.386. The van der Waals surface area contributed by atoms with E-state index in [1.54, 1.807) is 17.0 Å². The van der Waals surface area contributed by atoms with Gasteiger partial charge in [-0.1, -0.05) is 0 Å². The van der Waals surface area contributed by atoms with E-state index < -0.39 is 5.60 Å². The quantitative estimate of drug-likeness (QED) is 0.790. The van der Waals surface area contributed by atoms with Crippen molar-refractivity contribution in [2.24, 2.45) is 0 Å². The molecule has 1 N–H and O–H groups in total. The number of carbonyl (C=O) groups excluding carboxylic acids is 2. The summed E-state index contributed by atoms with van der Waals surface area (Å²) >= 11 is 3.41. The molecule has 0 aromatic heterocycles. The molecule has 2 amide bonds. The lowest BCUT2D eigenvalue weighted by molar-refractivity contribution is 0.0290. The summed E-state index contributed by atoms with van der Waals surface area (Å²) in [5.74, 6) is 0.456. The Hall–Kier alpha value is -1.76. The van der Waals surface area contributed by atoms with Crippen molar-refractivity contribution in [2.75, 3.05) is 13.1 Å². The molecule has 1 atom stereocenters. The highest BCUT2D eigenvalue weighted by molar-refractivity contribution is 9.10. The molecule has 0 radical (unpaired) electrons. The zero-order valence-electron chi connectivity index (χ0n) is 16.0. The van der Waals surface area contributed by atoms with E-state index >= 15 is 0 Å². The molecule has 1 unspecified atom stereocenters. The standard InChI is InChI=1S/C19H27BrN2O4/c1-12(2)25-14-6-7-16(20)15(10-14)17(23)21-13-8-9-22(11-13)18(24)26-19(3,4)5/h6-7,10,12-13H,8-9,11H2,1-5H3,(H,21,23). The van der Waals surface area contributed by atoms with Crippen LogP contribution in [-0.4, -0.2) is 47.7 Å². The molecule has 0 spiro atoms. The van der Waals surface area contributed by atoms with Crippen LogP contribution < -0.4 is 10.1 Å². The molecule has 1 aliphatic rings. The maximum atomic E-state index is 12.6. The number of nitrogens with zero attached hydrogens (tertiary/aromatic N) is 1. The van der Waals surface area contributed by atoms with Crippen LogP contribution in [0, 0.1) is 0 Å². The van der Waals surface area contributed by atoms with Crippen molar-refractivity contribution >= 4 is 27.9 Å². The van der Waals surface area contributed by atoms with Crippen molar-refractivity contribution in [3.63, 3.8) is 0 Å². The highest BCUT2D eigenvalue weighted by Crippen LogP contribution is 2.24. The third kappa shape index (κ3) is 5.90. The first kappa shape index (κ1) is 20.6. The third-order valence-corrected chi connectivity index (χ3v) is 4.42. The first-order valence-corrected chi connectivity index (χ1v) is 9.59. The lowest BCUT2D eigenvalue weighted by atomic mass is 10.1. The van der Waals surface area contributed by atoms with Gasteiger partial charge in [0.1, 0.15) is 11.4 Å². The van der Waals surface area contributed by atoms with Crippen molar-refractivity contribution in [1.82, 2.24) is 10.2 Å². The number of carbonyl (C=O) groups is 2. The van der Waals surface area contributed by atoms with Crippen LogP contribution in [0.2, 0.25) is 0 Å². The Balaban J connectivity index is 1.97. The lowest BCUT2D eigenvalue weighted by Crippen LogP contribution is -2.40. The zero-order valence-corrected chi connectivity index (χ0v) is 17.6. The molecule has 144 valence electrons. The van der Waals surface area contributed by atoms with Gasteiger partial charge >= 0.3 is 6.09 Å². The Bertz CT molecular complexity index is 670. The summed E-state index contributed by atoms with van der Waals surface area (Å²) in [7, 11) is 0. The minimum atomic E-state index is -0.528. The van der Waals surface area contributed by atoms with Crippen molar-refractivity contribution in [3.8, 4) is 5.75 Å². The Kier molecular flexibility index (Phi) is 6.55. The second-order valence-electron chi connectivity index (χ2n) is 7.69. The van der Waals surface area contributed by atoms with Gasteiger partial charge in [0.05, 0.1) is 11.7 Å². The SMILES string of the molecule is CC(C)Oc1ccc(Br)c(C(=O)NC2CCN(C(=O)OC(C)(C)C)C2)c1. The van der Waals surface area contributed by atoms with E-state index in [1.807, 2.05) is 40.7 Å². The second kappa shape index (κ2) is 8.29. The fourth-order valence-electron chi connectivity index (χ4n) is 2.66. The molecular weight excluding hydrogens is 400 g/mol. The molecule has 7 heteroatoms. The fraction of sp³-hybridized carbons (Fsp3) is 0.579. The molecule has 1 heterocycles. The van der Waals surface area contributed by atoms with E-state index in [4.69, 9.17) is 9.47 Å². The van der Waals surface area contributed by atoms with Crippen LogP contribution in [0.4, 0.5) is 4.79 Å². The summed E-state index contributed by atoms with van der Waals surface area (Å²) in [6, 6.07) is 5.24. The smallest absolute Gasteiger partial charge is 0.410 e. The molecule has 2 rings (SSSR count). The Morgan fingerprint density at radius 1 is 1.31 bits per heavy atom. The highest BCUT2D eigenvalue weighted by atomic mass is 79.9. The molecule has 1 aromatic carbocycles. The monoisotopic (exact) mass is 426 g/mol. The van der Waals surface area contributed by atoms with Gasteiger partial charge < -0.3 is 19.7 Å². The molecule has 0 aliphatic carbocycles. The van der Waals surface area contributed by atoms with Crippen molar-refractivity contribution in [2.45, 2.75) is 58.8 Å². The summed E-state index contributed by atoms with van der Waals surface area (Å²) in [6.45, 7) is 10.4. The maximum Gasteiger partial charge on any atom is 0.410 e. The lowest BCUT2D eigenvalue weighted by Gasteiger charge is -2.24. The number of hydrogen-bond acceptors (Lipinski definition) is 4. The van der Waals surface area contributed by atoms with Gasteiger partial charge in [-0.05, 0) is 75.2 Å². The van der Waals surface area contributed by atoms with Crippen LogP contribution in [-0.2, 0) is 4.74 Å². The van der Waals surface area contributed by atoms with E-state index in [9.17, 15) is 9.59 Å². The summed E-state index contributed by atoms with van der Waals surface area (Å²) in [5.41, 5.74) is -0.0148. The van der Waals surface area contributed by atoms with Gasteiger partial charge in [0.15, 0.2) is 0 Å². The van der Waals surface area contributed by atoms with Crippen molar-refractivity contribution in [1.29, 1.82) is 0 Å². The molecule has 1 fully saturated rings. The fourth-order valence-corrected chi connectivity index (χ4v) is 3.08. The van der Waals surface area contributed by atoms with Gasteiger partial charge in [-0.15, -0.1) is 0 Å². The van der Waals surface area contributed by atoms with E-state index in [-0.39, 0.29) is 24.1 Å². The van der Waals surface area contributed by atoms with E-state index in [0.717, 1.165) is 0 Å². The summed E-state index contributed by atoms with van der Waals surface area (Å²) in [5, 5.41) is 2.99. The van der Waals surface area contributed by atoms with Gasteiger partial charge in [0, 0.05) is 23.6 Å². The Labute approximate surface area is 163 Å². The number of ether oxygens (including phenoxy) is 2. The molecule has 1 aliphatic heterocycles. The number of hydrogen-bond donors (Lipinski definition) is 1. The second-order valence-corrected chi connectivity index (χ2v) is 8.55. The molecule has 1 aromatic rings. The Morgan fingerprint density at radius 2 is 2.00 bits per heavy atom. The minimum Gasteiger partial charge on any atom is -0.491 e. The molecule has 1 saturated heterocycles. The number of halogens is 1. The molecule has 0 saturated carbocycles. The number of benzene rings is 1. The zero-order chi connectivity index (χ0) is 19.5. The number of likely N-dealkylation sites (tertiary alicyclic amines) is 1. The predicted molar refractivity (Wildman–Crippen MR) is 104 cm³/mol. The molecule has 26 heavy (non-hydrogen) atoms. The molecule has 0 bridgehead atoms. The first-order chi connectivity index (χ1) is 12.0. The summed E-state index contributed by atoms with van der Waals surface area (Å²) < 4.78 is 11.7. The normalized spacial score (nSPS) is 17.3. The number of nitrogens with one attached hydrogen (secondary N) is 1. The van der Waals surface area contributed by atoms with Crippen molar-refractivity contribution < 1.29 is 19.1 Å². The van der Waals surface area contributed by atoms with Crippen LogP contribution >= 0.6 is 15.9 Å².